The molecule has 0 atom stereocenters. The van der Waals surface area contributed by atoms with Gasteiger partial charge in [0.05, 0.1) is 12.0 Å². The molecule has 0 amide bonds. The smallest absolute Gasteiger partial charge is 0.314 e. The molecule has 0 radical (unpaired) electrons. The number of hydrogen-bond donors (Lipinski definition) is 0. The van der Waals surface area contributed by atoms with Gasteiger partial charge in [0, 0.05) is 12.7 Å². The number of hydrogen-bond acceptors (Lipinski definition) is 3. The minimum atomic E-state index is -0.198. The Hall–Kier alpha value is -0.180. The Morgan fingerprint density at radius 3 is 2.38 bits per heavy atom. The molecule has 3 heteroatoms. The molecular formula is C10H20O2S. The Labute approximate surface area is 85.6 Å². The molecule has 0 saturated carbocycles. The van der Waals surface area contributed by atoms with E-state index in [2.05, 4.69) is 6.92 Å². The fraction of sp³-hybridized carbons (Fsp3) is 0.900. The summed E-state index contributed by atoms with van der Waals surface area (Å²) in [4.78, 5) is 10.4. The first kappa shape index (κ1) is 12.8. The van der Waals surface area contributed by atoms with E-state index in [1.807, 2.05) is 0 Å². The van der Waals surface area contributed by atoms with E-state index in [9.17, 15) is 4.79 Å². The second kappa shape index (κ2) is 9.90. The van der Waals surface area contributed by atoms with Crippen molar-refractivity contribution in [3.63, 3.8) is 0 Å². The lowest BCUT2D eigenvalue weighted by Crippen LogP contribution is -1.91. The molecule has 0 aromatic carbocycles. The lowest BCUT2D eigenvalue weighted by molar-refractivity contribution is -0.130. The summed E-state index contributed by atoms with van der Waals surface area (Å²) < 4.78 is 4.75. The van der Waals surface area contributed by atoms with Crippen LogP contribution in [0.3, 0.4) is 0 Å². The first-order valence-electron chi connectivity index (χ1n) is 5.07. The van der Waals surface area contributed by atoms with Crippen LogP contribution in [0.2, 0.25) is 0 Å². The van der Waals surface area contributed by atoms with Gasteiger partial charge in [-0.25, -0.2) is 0 Å². The van der Waals surface area contributed by atoms with E-state index in [4.69, 9.17) is 4.18 Å². The summed E-state index contributed by atoms with van der Waals surface area (Å²) in [7, 11) is 0. The van der Waals surface area contributed by atoms with Crippen LogP contribution in [0.5, 0.6) is 0 Å². The third kappa shape index (κ3) is 11.8. The standard InChI is InChI=1S/C10H20O2S/c1-3-4-5-6-7-8-9-13-12-10(2)11/h3-9H2,1-2H3. The van der Waals surface area contributed by atoms with Crippen LogP contribution in [-0.4, -0.2) is 11.7 Å². The van der Waals surface area contributed by atoms with E-state index >= 15 is 0 Å². The molecule has 0 N–H and O–H groups in total. The Balaban J connectivity index is 2.87. The van der Waals surface area contributed by atoms with Crippen LogP contribution in [0.4, 0.5) is 0 Å². The highest BCUT2D eigenvalue weighted by atomic mass is 32.2. The maximum Gasteiger partial charge on any atom is 0.314 e. The average Bonchev–Trinajstić information content (AvgIpc) is 2.09. The molecule has 78 valence electrons. The van der Waals surface area contributed by atoms with E-state index < -0.39 is 0 Å². The van der Waals surface area contributed by atoms with Crippen molar-refractivity contribution >= 4 is 18.0 Å². The van der Waals surface area contributed by atoms with Gasteiger partial charge in [-0.15, -0.1) is 0 Å². The molecule has 0 aliphatic heterocycles. The van der Waals surface area contributed by atoms with Crippen molar-refractivity contribution in [2.75, 3.05) is 5.75 Å². The fourth-order valence-electron chi connectivity index (χ4n) is 1.07. The Kier molecular flexibility index (Phi) is 9.77. The van der Waals surface area contributed by atoms with Gasteiger partial charge in [0.25, 0.3) is 0 Å². The van der Waals surface area contributed by atoms with Gasteiger partial charge in [0.15, 0.2) is 0 Å². The number of unbranched alkanes of at least 4 members (excludes halogenated alkanes) is 5. The van der Waals surface area contributed by atoms with Gasteiger partial charge in [0.2, 0.25) is 0 Å². The Bertz CT molecular complexity index is 126. The minimum absolute atomic E-state index is 0.198. The van der Waals surface area contributed by atoms with Crippen LogP contribution < -0.4 is 0 Å². The fourth-order valence-corrected chi connectivity index (χ4v) is 1.64. The molecular weight excluding hydrogens is 184 g/mol. The van der Waals surface area contributed by atoms with Gasteiger partial charge in [0.1, 0.15) is 0 Å². The molecule has 0 fully saturated rings. The van der Waals surface area contributed by atoms with Crippen molar-refractivity contribution in [1.82, 2.24) is 0 Å². The van der Waals surface area contributed by atoms with Gasteiger partial charge in [-0.2, -0.15) is 0 Å². The predicted octanol–water partition coefficient (Wildman–Crippen LogP) is 3.56. The number of rotatable bonds is 8. The summed E-state index contributed by atoms with van der Waals surface area (Å²) in [5.74, 6) is 0.738. The van der Waals surface area contributed by atoms with Crippen LogP contribution in [0, 0.1) is 0 Å². The summed E-state index contributed by atoms with van der Waals surface area (Å²) >= 11 is 1.28. The van der Waals surface area contributed by atoms with Crippen molar-refractivity contribution in [3.8, 4) is 0 Å². The third-order valence-electron chi connectivity index (χ3n) is 1.76. The van der Waals surface area contributed by atoms with Crippen LogP contribution in [0.25, 0.3) is 0 Å². The molecule has 0 aromatic heterocycles. The largest absolute Gasteiger partial charge is 0.392 e. The summed E-state index contributed by atoms with van der Waals surface area (Å²) in [5, 5.41) is 0. The minimum Gasteiger partial charge on any atom is -0.392 e. The van der Waals surface area contributed by atoms with Crippen molar-refractivity contribution in [3.05, 3.63) is 0 Å². The maximum absolute atomic E-state index is 10.4. The first-order valence-corrected chi connectivity index (χ1v) is 5.98. The van der Waals surface area contributed by atoms with E-state index in [0.717, 1.165) is 12.2 Å². The Morgan fingerprint density at radius 2 is 1.77 bits per heavy atom. The maximum atomic E-state index is 10.4. The molecule has 13 heavy (non-hydrogen) atoms. The SMILES string of the molecule is CCCCCCCCSOC(C)=O. The van der Waals surface area contributed by atoms with Crippen molar-refractivity contribution < 1.29 is 8.98 Å². The molecule has 0 bridgehead atoms. The highest BCUT2D eigenvalue weighted by Crippen LogP contribution is 2.10. The zero-order valence-corrected chi connectivity index (χ0v) is 9.49. The number of carbonyl (C=O) groups excluding carboxylic acids is 1. The quantitative estimate of drug-likeness (QED) is 0.446. The van der Waals surface area contributed by atoms with Crippen LogP contribution >= 0.6 is 12.0 Å². The highest BCUT2D eigenvalue weighted by molar-refractivity contribution is 7.95. The Morgan fingerprint density at radius 1 is 1.15 bits per heavy atom. The van der Waals surface area contributed by atoms with Gasteiger partial charge < -0.3 is 4.18 Å². The zero-order valence-electron chi connectivity index (χ0n) is 8.67. The van der Waals surface area contributed by atoms with Crippen molar-refractivity contribution in [2.24, 2.45) is 0 Å². The van der Waals surface area contributed by atoms with Crippen LogP contribution in [0.15, 0.2) is 0 Å². The summed E-state index contributed by atoms with van der Waals surface area (Å²) in [6.45, 7) is 3.66. The second-order valence-corrected chi connectivity index (χ2v) is 3.98. The second-order valence-electron chi connectivity index (χ2n) is 3.16. The van der Waals surface area contributed by atoms with Crippen molar-refractivity contribution in [2.45, 2.75) is 52.4 Å². The van der Waals surface area contributed by atoms with Crippen LogP contribution in [0.1, 0.15) is 52.4 Å². The molecule has 0 aliphatic rings. The van der Waals surface area contributed by atoms with Gasteiger partial charge in [-0.3, -0.25) is 4.79 Å². The molecule has 0 unspecified atom stereocenters. The molecule has 0 aliphatic carbocycles. The molecule has 0 spiro atoms. The van der Waals surface area contributed by atoms with Crippen LogP contribution in [-0.2, 0) is 8.98 Å². The molecule has 2 nitrogen and oxygen atoms in total. The molecule has 0 saturated heterocycles. The topological polar surface area (TPSA) is 26.3 Å². The average molecular weight is 204 g/mol. The molecule has 0 heterocycles. The monoisotopic (exact) mass is 204 g/mol. The van der Waals surface area contributed by atoms with Gasteiger partial charge in [-0.1, -0.05) is 39.0 Å². The zero-order chi connectivity index (χ0) is 9.94. The lowest BCUT2D eigenvalue weighted by Gasteiger charge is -2.00. The van der Waals surface area contributed by atoms with Crippen molar-refractivity contribution in [1.29, 1.82) is 0 Å². The normalized spacial score (nSPS) is 10.0. The molecule has 0 rings (SSSR count). The predicted molar refractivity (Wildman–Crippen MR) is 57.6 cm³/mol. The van der Waals surface area contributed by atoms with E-state index in [1.165, 1.54) is 51.1 Å². The van der Waals surface area contributed by atoms with Gasteiger partial charge in [-0.05, 0) is 6.42 Å². The third-order valence-corrected chi connectivity index (χ3v) is 2.57. The highest BCUT2D eigenvalue weighted by Gasteiger charge is 1.94. The summed E-state index contributed by atoms with van der Waals surface area (Å²) in [6, 6.07) is 0. The van der Waals surface area contributed by atoms with E-state index in [0.29, 0.717) is 0 Å². The van der Waals surface area contributed by atoms with Gasteiger partial charge >= 0.3 is 5.97 Å². The van der Waals surface area contributed by atoms with E-state index in [-0.39, 0.29) is 5.97 Å². The summed E-state index contributed by atoms with van der Waals surface area (Å²) in [6.07, 6.45) is 7.71. The molecule has 0 aromatic rings. The summed E-state index contributed by atoms with van der Waals surface area (Å²) in [5.41, 5.74) is 0. The van der Waals surface area contributed by atoms with E-state index in [1.54, 1.807) is 0 Å². The first-order chi connectivity index (χ1) is 6.27. The lowest BCUT2D eigenvalue weighted by atomic mass is 10.1. The number of carbonyl (C=O) groups is 1.